The molecule has 125 heavy (non-hydrogen) atoms. The van der Waals surface area contributed by atoms with Crippen molar-refractivity contribution in [1.82, 2.24) is 38.8 Å². The molecule has 0 saturated carbocycles. The lowest BCUT2D eigenvalue weighted by Crippen LogP contribution is -2.45. The van der Waals surface area contributed by atoms with Crippen LogP contribution in [0.1, 0.15) is 145 Å². The molecule has 33 nitrogen and oxygen atoms in total. The van der Waals surface area contributed by atoms with Gasteiger partial charge in [0.05, 0.1) is 19.8 Å². The zero-order valence-electron chi connectivity index (χ0n) is 71.7. The molecule has 16 atom stereocenters. The maximum Gasteiger partial charge on any atom is 0.459 e. The molecule has 3 fully saturated rings. The molecule has 682 valence electrons. The number of nitrogens with two attached hydrogens (primary N) is 1. The number of aromatic nitrogens is 6. The topological polar surface area (TPSA) is 410 Å². The quantitative estimate of drug-likeness (QED) is 0.0169. The highest BCUT2D eigenvalue weighted by Crippen LogP contribution is 2.53. The minimum absolute atomic E-state index is 0.000416. The van der Waals surface area contributed by atoms with Gasteiger partial charge in [-0.1, -0.05) is 81.4 Å². The number of halogens is 5. The van der Waals surface area contributed by atoms with Crippen molar-refractivity contribution in [3.8, 4) is 11.5 Å². The first-order chi connectivity index (χ1) is 58.3. The van der Waals surface area contributed by atoms with E-state index < -0.39 is 166 Å². The Morgan fingerprint density at radius 2 is 0.776 bits per heavy atom. The van der Waals surface area contributed by atoms with Crippen molar-refractivity contribution in [2.24, 2.45) is 17.8 Å². The predicted octanol–water partition coefficient (Wildman–Crippen LogP) is 16.5. The smallest absolute Gasteiger partial charge is 0.459 e. The molecule has 3 aliphatic rings. The number of nitrogen functional groups attached to an aromatic ring is 1. The fourth-order valence-corrected chi connectivity index (χ4v) is 20.3. The Hall–Kier alpha value is -8.10. The Morgan fingerprint density at radius 1 is 0.480 bits per heavy atom. The van der Waals surface area contributed by atoms with Crippen LogP contribution in [0.25, 0.3) is 0 Å². The number of ether oxygens (including phenoxy) is 6. The van der Waals surface area contributed by atoms with E-state index in [1.165, 1.54) is 55.2 Å². The lowest BCUT2D eigenvalue weighted by atomic mass is 10.0. The summed E-state index contributed by atoms with van der Waals surface area (Å²) in [4.78, 5) is 128. The van der Waals surface area contributed by atoms with Gasteiger partial charge >= 0.3 is 68.9 Å². The van der Waals surface area contributed by atoms with Gasteiger partial charge in [-0.3, -0.25) is 32.3 Å². The van der Waals surface area contributed by atoms with Crippen LogP contribution in [-0.4, -0.2) is 159 Å². The van der Waals surface area contributed by atoms with Gasteiger partial charge in [0.15, 0.2) is 11.6 Å². The number of benzene rings is 4. The van der Waals surface area contributed by atoms with Crippen molar-refractivity contribution >= 4 is 150 Å². The zero-order valence-corrected chi connectivity index (χ0v) is 80.2. The molecule has 2 unspecified atom stereocenters. The third-order valence-corrected chi connectivity index (χ3v) is 27.8. The number of imide groups is 2. The highest BCUT2D eigenvalue weighted by molar-refractivity contribution is 14.1. The zero-order chi connectivity index (χ0) is 92.6. The summed E-state index contributed by atoms with van der Waals surface area (Å²) in [5.74, 6) is -3.24. The van der Waals surface area contributed by atoms with E-state index in [0.717, 1.165) is 62.7 Å². The molecule has 3 saturated heterocycles. The number of aliphatic hydroxyl groups excluding tert-OH is 1. The van der Waals surface area contributed by atoms with Gasteiger partial charge in [-0.25, -0.2) is 55.9 Å². The Balaban J connectivity index is 0.000000242. The number of anilines is 3. The van der Waals surface area contributed by atoms with Gasteiger partial charge in [0, 0.05) is 59.2 Å². The molecule has 3 aliphatic heterocycles. The van der Waals surface area contributed by atoms with E-state index in [9.17, 15) is 61.8 Å². The molecule has 5 N–H and O–H groups in total. The summed E-state index contributed by atoms with van der Waals surface area (Å²) in [6.45, 7) is 26.7. The van der Waals surface area contributed by atoms with E-state index >= 15 is 8.78 Å². The Kier molecular flexibility index (Phi) is 36.2. The summed E-state index contributed by atoms with van der Waals surface area (Å²) in [7, 11) is -8.45. The molecular weight excluding hydrogens is 1960 g/mol. The molecule has 7 aromatic rings. The largest absolute Gasteiger partial charge is 0.460 e. The van der Waals surface area contributed by atoms with Gasteiger partial charge in [0.25, 0.3) is 0 Å². The fraction of sp³-hybridized carbons (Fsp3) is 0.488. The van der Waals surface area contributed by atoms with Crippen molar-refractivity contribution < 1.29 is 103 Å². The van der Waals surface area contributed by atoms with Gasteiger partial charge in [-0.05, 0) is 220 Å². The number of esters is 2. The maximum atomic E-state index is 15.9. The number of hydrogen-bond donors (Lipinski definition) is 4. The van der Waals surface area contributed by atoms with Crippen molar-refractivity contribution in [2.45, 2.75) is 216 Å². The van der Waals surface area contributed by atoms with Crippen molar-refractivity contribution in [3.05, 3.63) is 196 Å². The molecule has 4 amide bonds. The van der Waals surface area contributed by atoms with E-state index in [2.05, 4.69) is 70.3 Å². The van der Waals surface area contributed by atoms with Crippen LogP contribution < -0.4 is 51.8 Å². The minimum Gasteiger partial charge on any atom is -0.460 e. The van der Waals surface area contributed by atoms with Crippen LogP contribution in [-0.2, 0) is 69.4 Å². The summed E-state index contributed by atoms with van der Waals surface area (Å²) in [5, 5.41) is 10.4. The first-order valence-corrected chi connectivity index (χ1v) is 47.3. The third-order valence-electron chi connectivity index (χ3n) is 18.0. The van der Waals surface area contributed by atoms with Crippen molar-refractivity contribution in [1.29, 1.82) is 0 Å². The van der Waals surface area contributed by atoms with Gasteiger partial charge in [0.1, 0.15) is 99.7 Å². The monoisotopic (exact) mass is 2060 g/mol. The standard InChI is InChI=1S/C36H45FIN4O10PS.C26H29FIN4O6PS.C20H30FN3O6S/c1-22-27(21-49-53(47,52-26-16-14-25(38)15-17-26)40-23(2)31(43)48-20-24-12-10-9-11-13-24)54-30(29(22)37)41-19-18-28(39-32(41)44)42(33(45)50-35(3,4)5)34(46)51-36(6,7)8;1-16-21(40-24(23(16)27)32-13-12-22(29)30-26(32)34)15-37-39(35,38-20-10-8-19(28)9-11-20)31-17(2)25(33)36-14-18-6-4-3-5-7-18;1-11-12(10-25)31-15(14(11)21)23-9-8-13(22-16(23)26)24(17(27)29-19(2,3)4)18(28)30-20(5,6)7/h9-19,22-23,27,29-30H,20-21H2,1-8H3,(H,40,47);3-13,16-17,21,23-24H,14-15H2,1-2H3,(H,31,35)(H2,29,30,34);8-9,11-12,14-15,25H,10H2,1-7H3/t22-,23+,27-,29+,30-,53?;16-,17+,21-,23+,24-,39?;11-,12-,14+,15-/m111/s1. The second-order valence-electron chi connectivity index (χ2n) is 32.9. The predicted molar refractivity (Wildman–Crippen MR) is 485 cm³/mol. The molecule has 10 rings (SSSR count). The summed E-state index contributed by atoms with van der Waals surface area (Å²) < 4.78 is 134. The molecule has 0 bridgehead atoms. The van der Waals surface area contributed by atoms with Crippen molar-refractivity contribution in [2.75, 3.05) is 35.4 Å². The number of carbonyl (C=O) groups is 6. The van der Waals surface area contributed by atoms with Crippen LogP contribution in [0.2, 0.25) is 0 Å². The van der Waals surface area contributed by atoms with Crippen LogP contribution in [0.5, 0.6) is 11.5 Å². The summed E-state index contributed by atoms with van der Waals surface area (Å²) in [5.41, 5.74) is 0.866. The van der Waals surface area contributed by atoms with Crippen LogP contribution in [0.4, 0.5) is 49.8 Å². The number of thioether (sulfide) groups is 3. The SMILES string of the molecule is C[C@H]1[C@H](F)[C@H](n2ccc(N(C(=O)OC(C)(C)C)C(=O)OC(C)(C)C)nc2=O)S[C@@H]1CO.C[C@H]1[C@H](F)[C@H](n2ccc(N(C(=O)OC(C)(C)C)C(=O)OC(C)(C)C)nc2=O)S[C@@H]1COP(=O)(N[C@@H](C)C(=O)OCc1ccccc1)Oc1ccc(I)cc1.C[C@H]1[C@H](F)[C@H](n2ccc(N)nc2=O)S[C@@H]1COP(=O)(N[C@@H](C)C(=O)OCc1ccccc1)Oc1ccc(I)cc1. The molecular formula is C82H104F3I2N11O22P2S3. The van der Waals surface area contributed by atoms with E-state index in [4.69, 9.17) is 52.2 Å². The lowest BCUT2D eigenvalue weighted by molar-refractivity contribution is -0.147. The third kappa shape index (κ3) is 30.3. The average molecular weight is 2060 g/mol. The van der Waals surface area contributed by atoms with E-state index in [1.807, 2.05) is 48.5 Å². The first-order valence-electron chi connectivity index (χ1n) is 39.2. The number of nitrogens with zero attached hydrogens (tertiary/aromatic N) is 8. The molecule has 0 spiro atoms. The highest BCUT2D eigenvalue weighted by atomic mass is 127. The molecule has 6 heterocycles. The normalized spacial score (nSPS) is 22.0. The second-order valence-corrected chi connectivity index (χ2v) is 42.9. The number of alkyl halides is 3. The van der Waals surface area contributed by atoms with E-state index in [0.29, 0.717) is 9.80 Å². The van der Waals surface area contributed by atoms with E-state index in [1.54, 1.807) is 165 Å². The second kappa shape index (κ2) is 44.3. The maximum absolute atomic E-state index is 15.9. The lowest BCUT2D eigenvalue weighted by Gasteiger charge is -2.28. The number of rotatable bonds is 26. The van der Waals surface area contributed by atoms with Gasteiger partial charge in [0.2, 0.25) is 0 Å². The number of aliphatic hydroxyl groups is 1. The van der Waals surface area contributed by atoms with Crippen LogP contribution >= 0.6 is 96.0 Å². The Labute approximate surface area is 761 Å². The number of nitrogens with one attached hydrogen (secondary N) is 2. The summed E-state index contributed by atoms with van der Waals surface area (Å²) in [6, 6.07) is 33.4. The van der Waals surface area contributed by atoms with Crippen LogP contribution in [0.15, 0.2) is 160 Å². The van der Waals surface area contributed by atoms with Crippen LogP contribution in [0, 0.1) is 24.9 Å². The molecule has 0 radical (unpaired) electrons. The molecule has 4 aromatic carbocycles. The molecule has 3 aromatic heterocycles. The number of hydrogen-bond acceptors (Lipinski definition) is 29. The molecule has 43 heteroatoms. The van der Waals surface area contributed by atoms with Crippen molar-refractivity contribution in [3.63, 3.8) is 0 Å². The van der Waals surface area contributed by atoms with Gasteiger partial charge in [-0.2, -0.15) is 34.9 Å². The number of amides is 4. The fourth-order valence-electron chi connectivity index (χ4n) is 11.7. The average Bonchev–Trinajstić information content (AvgIpc) is 1.67. The number of carbonyl (C=O) groups excluding carboxylic acids is 6. The highest BCUT2D eigenvalue weighted by Gasteiger charge is 2.49. The summed E-state index contributed by atoms with van der Waals surface area (Å²) >= 11 is 7.58. The van der Waals surface area contributed by atoms with Crippen LogP contribution in [0.3, 0.4) is 0 Å². The summed E-state index contributed by atoms with van der Waals surface area (Å²) in [6.07, 6.45) is -4.83. The van der Waals surface area contributed by atoms with E-state index in [-0.39, 0.29) is 67.2 Å². The van der Waals surface area contributed by atoms with Gasteiger partial charge < -0.3 is 48.3 Å². The minimum atomic E-state index is -4.29. The Bertz CT molecular complexity index is 5100. The Morgan fingerprint density at radius 3 is 1.06 bits per heavy atom. The van der Waals surface area contributed by atoms with Gasteiger partial charge in [-0.15, -0.1) is 35.3 Å². The molecule has 0 aliphatic carbocycles. The first kappa shape index (κ1) is 102.